The number of nitrogens with one attached hydrogen (secondary N) is 2. The van der Waals surface area contributed by atoms with Crippen LogP contribution in [0.15, 0.2) is 29.3 Å². The van der Waals surface area contributed by atoms with Gasteiger partial charge in [0.25, 0.3) is 0 Å². The lowest BCUT2D eigenvalue weighted by molar-refractivity contribution is -0.128. The molecule has 0 radical (unpaired) electrons. The first-order valence-corrected chi connectivity index (χ1v) is 9.81. The summed E-state index contributed by atoms with van der Waals surface area (Å²) < 4.78 is 0. The lowest BCUT2D eigenvalue weighted by Crippen LogP contribution is -2.42. The molecule has 1 aliphatic heterocycles. The van der Waals surface area contributed by atoms with Gasteiger partial charge < -0.3 is 15.5 Å². The summed E-state index contributed by atoms with van der Waals surface area (Å²) in [4.78, 5) is 18.2. The fourth-order valence-electron chi connectivity index (χ4n) is 3.22. The Kier molecular flexibility index (Phi) is 7.95. The Balaban J connectivity index is 1.90. The van der Waals surface area contributed by atoms with Gasteiger partial charge in [-0.3, -0.25) is 9.79 Å². The van der Waals surface area contributed by atoms with Crippen LogP contribution < -0.4 is 10.6 Å². The zero-order valence-electron chi connectivity index (χ0n) is 16.7. The van der Waals surface area contributed by atoms with Gasteiger partial charge in [0, 0.05) is 39.1 Å². The third kappa shape index (κ3) is 6.36. The number of carbonyl (C=O) groups excluding carboxylic acids is 1. The first-order valence-electron chi connectivity index (χ1n) is 9.81. The Morgan fingerprint density at radius 3 is 2.54 bits per heavy atom. The first-order chi connectivity index (χ1) is 12.5. The summed E-state index contributed by atoms with van der Waals surface area (Å²) in [6, 6.07) is 8.72. The van der Waals surface area contributed by atoms with Crippen molar-refractivity contribution in [3.05, 3.63) is 35.4 Å². The molecule has 1 fully saturated rings. The van der Waals surface area contributed by atoms with Crippen LogP contribution in [-0.2, 0) is 17.9 Å². The molecule has 26 heavy (non-hydrogen) atoms. The van der Waals surface area contributed by atoms with E-state index in [-0.39, 0.29) is 5.91 Å². The van der Waals surface area contributed by atoms with E-state index in [1.165, 1.54) is 17.5 Å². The molecule has 1 amide bonds. The number of likely N-dealkylation sites (tertiary alicyclic amines) is 1. The van der Waals surface area contributed by atoms with Crippen molar-refractivity contribution in [2.24, 2.45) is 10.9 Å². The van der Waals surface area contributed by atoms with E-state index in [9.17, 15) is 4.79 Å². The summed E-state index contributed by atoms with van der Waals surface area (Å²) >= 11 is 0. The monoisotopic (exact) mass is 358 g/mol. The van der Waals surface area contributed by atoms with Gasteiger partial charge in [0.1, 0.15) is 0 Å². The van der Waals surface area contributed by atoms with E-state index in [2.05, 4.69) is 48.5 Å². The number of benzene rings is 1. The number of hydrogen-bond acceptors (Lipinski definition) is 2. The number of amides is 1. The fourth-order valence-corrected chi connectivity index (χ4v) is 3.22. The fraction of sp³-hybridized carbons (Fsp3) is 0.619. The van der Waals surface area contributed by atoms with Gasteiger partial charge in [-0.2, -0.15) is 0 Å². The van der Waals surface area contributed by atoms with Gasteiger partial charge in [0.2, 0.25) is 5.91 Å². The summed E-state index contributed by atoms with van der Waals surface area (Å²) in [6.45, 7) is 8.98. The molecular weight excluding hydrogens is 324 g/mol. The molecule has 5 heteroatoms. The van der Waals surface area contributed by atoms with Crippen LogP contribution in [0.2, 0.25) is 0 Å². The summed E-state index contributed by atoms with van der Waals surface area (Å²) in [5.41, 5.74) is 2.42. The second-order valence-corrected chi connectivity index (χ2v) is 7.63. The van der Waals surface area contributed by atoms with Crippen molar-refractivity contribution < 1.29 is 4.79 Å². The molecule has 1 unspecified atom stereocenters. The second kappa shape index (κ2) is 10.2. The van der Waals surface area contributed by atoms with E-state index < -0.39 is 0 Å². The summed E-state index contributed by atoms with van der Waals surface area (Å²) in [5.74, 6) is 1.81. The topological polar surface area (TPSA) is 56.7 Å². The predicted octanol–water partition coefficient (Wildman–Crippen LogP) is 3.30. The number of carbonyl (C=O) groups is 1. The standard InChI is InChI=1S/C21H34N4O/c1-16(2)11-12-17(3)24-21(22-4)23-14-18-8-5-6-9-19(18)15-25-13-7-10-20(25)26/h5-6,8-9,16-17H,7,10-15H2,1-4H3,(H2,22,23,24). The molecule has 0 spiro atoms. The van der Waals surface area contributed by atoms with Gasteiger partial charge in [-0.1, -0.05) is 38.1 Å². The quantitative estimate of drug-likeness (QED) is 0.554. The molecule has 5 nitrogen and oxygen atoms in total. The van der Waals surface area contributed by atoms with Gasteiger partial charge in [-0.25, -0.2) is 0 Å². The van der Waals surface area contributed by atoms with Crippen molar-refractivity contribution in [3.8, 4) is 0 Å². The van der Waals surface area contributed by atoms with Crippen LogP contribution in [0.5, 0.6) is 0 Å². The second-order valence-electron chi connectivity index (χ2n) is 7.63. The van der Waals surface area contributed by atoms with Crippen molar-refractivity contribution in [1.29, 1.82) is 0 Å². The van der Waals surface area contributed by atoms with E-state index in [0.717, 1.165) is 31.3 Å². The largest absolute Gasteiger partial charge is 0.354 e. The van der Waals surface area contributed by atoms with Gasteiger partial charge in [0.05, 0.1) is 0 Å². The van der Waals surface area contributed by atoms with Crippen LogP contribution in [-0.4, -0.2) is 36.4 Å². The van der Waals surface area contributed by atoms with Gasteiger partial charge >= 0.3 is 0 Å². The molecule has 0 saturated carbocycles. The van der Waals surface area contributed by atoms with E-state index in [0.29, 0.717) is 25.6 Å². The molecule has 144 valence electrons. The molecule has 2 rings (SSSR count). The van der Waals surface area contributed by atoms with Crippen molar-refractivity contribution in [2.75, 3.05) is 13.6 Å². The molecule has 1 heterocycles. The summed E-state index contributed by atoms with van der Waals surface area (Å²) in [5, 5.41) is 6.88. The van der Waals surface area contributed by atoms with Crippen molar-refractivity contribution in [3.63, 3.8) is 0 Å². The lowest BCUT2D eigenvalue weighted by Gasteiger charge is -2.21. The molecule has 1 atom stereocenters. The van der Waals surface area contributed by atoms with Crippen molar-refractivity contribution >= 4 is 11.9 Å². The van der Waals surface area contributed by atoms with Gasteiger partial charge in [0.15, 0.2) is 5.96 Å². The first kappa shape index (κ1) is 20.3. The molecule has 2 N–H and O–H groups in total. The van der Waals surface area contributed by atoms with Crippen LogP contribution in [0.1, 0.15) is 57.6 Å². The molecule has 1 aliphatic rings. The third-order valence-electron chi connectivity index (χ3n) is 4.88. The third-order valence-corrected chi connectivity index (χ3v) is 4.88. The number of rotatable bonds is 8. The number of nitrogens with zero attached hydrogens (tertiary/aromatic N) is 2. The Hall–Kier alpha value is -2.04. The van der Waals surface area contributed by atoms with E-state index >= 15 is 0 Å². The highest BCUT2D eigenvalue weighted by molar-refractivity contribution is 5.80. The molecule has 0 bridgehead atoms. The van der Waals surface area contributed by atoms with E-state index in [1.807, 2.05) is 17.0 Å². The Morgan fingerprint density at radius 2 is 1.92 bits per heavy atom. The summed E-state index contributed by atoms with van der Waals surface area (Å²) in [7, 11) is 1.80. The van der Waals surface area contributed by atoms with Crippen LogP contribution >= 0.6 is 0 Å². The zero-order chi connectivity index (χ0) is 18.9. The number of hydrogen-bond donors (Lipinski definition) is 2. The molecule has 1 aromatic carbocycles. The Bertz CT molecular complexity index is 612. The highest BCUT2D eigenvalue weighted by atomic mass is 16.2. The molecular formula is C21H34N4O. The maximum absolute atomic E-state index is 11.9. The maximum atomic E-state index is 11.9. The minimum Gasteiger partial charge on any atom is -0.354 e. The highest BCUT2D eigenvalue weighted by Gasteiger charge is 2.20. The van der Waals surface area contributed by atoms with Crippen LogP contribution in [0, 0.1) is 5.92 Å². The van der Waals surface area contributed by atoms with Gasteiger partial charge in [-0.05, 0) is 43.2 Å². The number of aliphatic imine (C=N–C) groups is 1. The van der Waals surface area contributed by atoms with E-state index in [4.69, 9.17) is 0 Å². The van der Waals surface area contributed by atoms with Crippen molar-refractivity contribution in [2.45, 2.75) is 65.6 Å². The summed E-state index contributed by atoms with van der Waals surface area (Å²) in [6.07, 6.45) is 4.00. The number of guanidine groups is 1. The molecule has 0 aromatic heterocycles. The minimum atomic E-state index is 0.268. The molecule has 1 aromatic rings. The van der Waals surface area contributed by atoms with Gasteiger partial charge in [-0.15, -0.1) is 0 Å². The lowest BCUT2D eigenvalue weighted by atomic mass is 10.0. The SMILES string of the molecule is CN=C(NCc1ccccc1CN1CCCC1=O)NC(C)CCC(C)C. The Labute approximate surface area is 158 Å². The zero-order valence-corrected chi connectivity index (χ0v) is 16.7. The smallest absolute Gasteiger partial charge is 0.222 e. The average molecular weight is 359 g/mol. The van der Waals surface area contributed by atoms with Crippen molar-refractivity contribution in [1.82, 2.24) is 15.5 Å². The predicted molar refractivity (Wildman–Crippen MR) is 108 cm³/mol. The van der Waals surface area contributed by atoms with Crippen LogP contribution in [0.25, 0.3) is 0 Å². The van der Waals surface area contributed by atoms with E-state index in [1.54, 1.807) is 7.05 Å². The maximum Gasteiger partial charge on any atom is 0.222 e. The Morgan fingerprint density at radius 1 is 1.19 bits per heavy atom. The van der Waals surface area contributed by atoms with Crippen LogP contribution in [0.3, 0.4) is 0 Å². The average Bonchev–Trinajstić information content (AvgIpc) is 3.02. The molecule has 0 aliphatic carbocycles. The minimum absolute atomic E-state index is 0.268. The normalized spacial score (nSPS) is 16.3. The molecule has 1 saturated heterocycles. The highest BCUT2D eigenvalue weighted by Crippen LogP contribution is 2.17. The van der Waals surface area contributed by atoms with Crippen LogP contribution in [0.4, 0.5) is 0 Å².